The molecule has 14 heteroatoms. The average Bonchev–Trinajstić information content (AvgIpc) is 3.57. The highest BCUT2D eigenvalue weighted by Crippen LogP contribution is 2.20. The van der Waals surface area contributed by atoms with Crippen molar-refractivity contribution in [3.8, 4) is 0 Å². The van der Waals surface area contributed by atoms with Crippen LogP contribution in [0.3, 0.4) is 0 Å². The van der Waals surface area contributed by atoms with E-state index in [9.17, 15) is 29.1 Å². The molecule has 4 amide bonds. The first-order valence-electron chi connectivity index (χ1n) is 13.1. The second kappa shape index (κ2) is 14.9. The van der Waals surface area contributed by atoms with Crippen molar-refractivity contribution in [2.24, 2.45) is 17.6 Å². The minimum Gasteiger partial charge on any atom is -0.480 e. The van der Waals surface area contributed by atoms with Crippen molar-refractivity contribution in [1.82, 2.24) is 30.8 Å². The number of aromatic nitrogens is 2. The van der Waals surface area contributed by atoms with Gasteiger partial charge in [0.1, 0.15) is 24.2 Å². The number of carboxylic acid groups (broad SMARTS) is 1. The Morgan fingerprint density at radius 1 is 1.10 bits per heavy atom. The summed E-state index contributed by atoms with van der Waals surface area (Å²) in [6.45, 7) is 7.77. The summed E-state index contributed by atoms with van der Waals surface area (Å²) in [7, 11) is 0. The quantitative estimate of drug-likeness (QED) is 0.145. The minimum atomic E-state index is -1.24. The van der Waals surface area contributed by atoms with Crippen molar-refractivity contribution in [3.63, 3.8) is 0 Å². The molecule has 1 aromatic rings. The number of amides is 4. The molecule has 0 aromatic carbocycles. The molecule has 0 unspecified atom stereocenters. The lowest BCUT2D eigenvalue weighted by Crippen LogP contribution is -2.59. The van der Waals surface area contributed by atoms with Crippen LogP contribution in [0.4, 0.5) is 0 Å². The van der Waals surface area contributed by atoms with Gasteiger partial charge < -0.3 is 36.7 Å². The summed E-state index contributed by atoms with van der Waals surface area (Å²) < 4.78 is 0. The van der Waals surface area contributed by atoms with Crippen molar-refractivity contribution >= 4 is 42.2 Å². The number of nitrogens with zero attached hydrogens (tertiary/aromatic N) is 2. The molecule has 1 saturated heterocycles. The highest BCUT2D eigenvalue weighted by atomic mass is 32.1. The molecule has 13 nitrogen and oxygen atoms in total. The third kappa shape index (κ3) is 9.24. The molecule has 0 bridgehead atoms. The van der Waals surface area contributed by atoms with Gasteiger partial charge in [-0.3, -0.25) is 19.2 Å². The summed E-state index contributed by atoms with van der Waals surface area (Å²) in [6.07, 6.45) is 4.16. The number of aromatic amines is 1. The van der Waals surface area contributed by atoms with Crippen molar-refractivity contribution in [3.05, 3.63) is 18.2 Å². The molecule has 1 aliphatic rings. The van der Waals surface area contributed by atoms with E-state index in [1.165, 1.54) is 17.4 Å². The SMILES string of the molecule is CC(C)C[C@H](NC(=O)[C@H](CS)NC(=O)[C@@H]1CCCN1C(=O)[C@@H](N)C(C)C)C(=O)N[C@@H](Cc1cnc[nH]1)C(=O)O. The molecule has 1 fully saturated rings. The number of aliphatic carboxylic acids is 1. The fourth-order valence-electron chi connectivity index (χ4n) is 4.31. The van der Waals surface area contributed by atoms with E-state index in [1.807, 2.05) is 27.7 Å². The summed E-state index contributed by atoms with van der Waals surface area (Å²) in [5.74, 6) is -3.52. The number of nitrogens with one attached hydrogen (secondary N) is 4. The predicted molar refractivity (Wildman–Crippen MR) is 147 cm³/mol. The Hall–Kier alpha value is -3.13. The van der Waals surface area contributed by atoms with Crippen LogP contribution in [0, 0.1) is 11.8 Å². The van der Waals surface area contributed by atoms with Gasteiger partial charge in [0.05, 0.1) is 12.4 Å². The number of carbonyl (C=O) groups excluding carboxylic acids is 4. The Labute approximate surface area is 233 Å². The average molecular weight is 568 g/mol. The first-order valence-corrected chi connectivity index (χ1v) is 13.8. The lowest BCUT2D eigenvalue weighted by molar-refractivity contribution is -0.142. The molecule has 1 aliphatic heterocycles. The van der Waals surface area contributed by atoms with Crippen LogP contribution in [-0.2, 0) is 30.4 Å². The fraction of sp³-hybridized carbons (Fsp3) is 0.680. The van der Waals surface area contributed by atoms with Crippen molar-refractivity contribution in [2.75, 3.05) is 12.3 Å². The smallest absolute Gasteiger partial charge is 0.326 e. The van der Waals surface area contributed by atoms with Crippen LogP contribution in [0.1, 0.15) is 52.7 Å². The van der Waals surface area contributed by atoms with Crippen LogP contribution in [0.2, 0.25) is 0 Å². The van der Waals surface area contributed by atoms with Gasteiger partial charge in [-0.15, -0.1) is 0 Å². The zero-order valence-corrected chi connectivity index (χ0v) is 23.7. The number of carbonyl (C=O) groups is 5. The number of H-pyrrole nitrogens is 1. The maximum absolute atomic E-state index is 13.1. The fourth-order valence-corrected chi connectivity index (χ4v) is 4.56. The van der Waals surface area contributed by atoms with E-state index in [0.29, 0.717) is 25.1 Å². The Balaban J connectivity index is 2.08. The van der Waals surface area contributed by atoms with Crippen LogP contribution in [0.25, 0.3) is 0 Å². The molecule has 5 atom stereocenters. The number of imidazole rings is 1. The molecule has 7 N–H and O–H groups in total. The van der Waals surface area contributed by atoms with Crippen LogP contribution >= 0.6 is 12.6 Å². The van der Waals surface area contributed by atoms with Gasteiger partial charge in [0.15, 0.2) is 0 Å². The van der Waals surface area contributed by atoms with E-state index in [4.69, 9.17) is 5.73 Å². The first-order chi connectivity index (χ1) is 18.3. The Morgan fingerprint density at radius 3 is 2.28 bits per heavy atom. The maximum Gasteiger partial charge on any atom is 0.326 e. The second-order valence-corrected chi connectivity index (χ2v) is 10.9. The standard InChI is InChI=1S/C25H41N7O6S/c1-13(2)8-16(21(33)30-17(25(37)38)9-15-10-27-12-28-15)29-22(34)18(11-39)31-23(35)19-6-5-7-32(19)24(36)20(26)14(3)4/h10,12-14,16-20,39H,5-9,11,26H2,1-4H3,(H,27,28)(H,29,34)(H,30,33)(H,31,35)(H,37,38)/t16-,17-,18-,19-,20-/m0/s1. The summed E-state index contributed by atoms with van der Waals surface area (Å²) in [4.78, 5) is 71.9. The highest BCUT2D eigenvalue weighted by Gasteiger charge is 2.38. The summed E-state index contributed by atoms with van der Waals surface area (Å²) in [6, 6.07) is -4.87. The molecule has 218 valence electrons. The van der Waals surface area contributed by atoms with Gasteiger partial charge in [-0.1, -0.05) is 27.7 Å². The minimum absolute atomic E-state index is 0.01000. The molecule has 0 aliphatic carbocycles. The number of carboxylic acids is 1. The van der Waals surface area contributed by atoms with Crippen LogP contribution in [-0.4, -0.2) is 92.1 Å². The zero-order valence-electron chi connectivity index (χ0n) is 22.8. The molecule has 0 radical (unpaired) electrons. The van der Waals surface area contributed by atoms with Gasteiger partial charge in [0.25, 0.3) is 0 Å². The third-order valence-electron chi connectivity index (χ3n) is 6.59. The van der Waals surface area contributed by atoms with E-state index in [-0.39, 0.29) is 36.3 Å². The van der Waals surface area contributed by atoms with E-state index in [1.54, 1.807) is 0 Å². The second-order valence-electron chi connectivity index (χ2n) is 10.6. The molecule has 0 spiro atoms. The Bertz CT molecular complexity index is 1000. The number of nitrogens with two attached hydrogens (primary N) is 1. The van der Waals surface area contributed by atoms with E-state index in [2.05, 4.69) is 38.5 Å². The summed E-state index contributed by atoms with van der Waals surface area (Å²) >= 11 is 4.21. The lowest BCUT2D eigenvalue weighted by atomic mass is 10.0. The van der Waals surface area contributed by atoms with Gasteiger partial charge in [-0.2, -0.15) is 12.6 Å². The van der Waals surface area contributed by atoms with Crippen molar-refractivity contribution < 1.29 is 29.1 Å². The Kier molecular flexibility index (Phi) is 12.2. The molecule has 39 heavy (non-hydrogen) atoms. The lowest BCUT2D eigenvalue weighted by Gasteiger charge is -2.29. The van der Waals surface area contributed by atoms with Gasteiger partial charge >= 0.3 is 5.97 Å². The van der Waals surface area contributed by atoms with Crippen LogP contribution in [0.5, 0.6) is 0 Å². The molecule has 2 heterocycles. The molecule has 2 rings (SSSR count). The third-order valence-corrected chi connectivity index (χ3v) is 6.96. The molecular formula is C25H41N7O6S. The summed E-state index contributed by atoms with van der Waals surface area (Å²) in [5.41, 5.74) is 6.54. The van der Waals surface area contributed by atoms with Gasteiger partial charge in [0, 0.05) is 30.6 Å². The number of thiol groups is 1. The largest absolute Gasteiger partial charge is 0.480 e. The normalized spacial score (nSPS) is 18.4. The van der Waals surface area contributed by atoms with Crippen molar-refractivity contribution in [1.29, 1.82) is 0 Å². The first kappa shape index (κ1) is 32.1. The number of hydrogen-bond acceptors (Lipinski definition) is 8. The molecule has 0 saturated carbocycles. The predicted octanol–water partition coefficient (Wildman–Crippen LogP) is -0.559. The van der Waals surface area contributed by atoms with Gasteiger partial charge in [-0.25, -0.2) is 9.78 Å². The number of hydrogen-bond donors (Lipinski definition) is 7. The van der Waals surface area contributed by atoms with Crippen molar-refractivity contribution in [2.45, 2.75) is 83.6 Å². The van der Waals surface area contributed by atoms with Crippen LogP contribution in [0.15, 0.2) is 12.5 Å². The summed E-state index contributed by atoms with van der Waals surface area (Å²) in [5, 5.41) is 17.4. The maximum atomic E-state index is 13.1. The topological polar surface area (TPSA) is 200 Å². The number of likely N-dealkylation sites (tertiary alicyclic amines) is 1. The Morgan fingerprint density at radius 2 is 1.74 bits per heavy atom. The monoisotopic (exact) mass is 567 g/mol. The zero-order chi connectivity index (χ0) is 29.3. The van der Waals surface area contributed by atoms with Gasteiger partial charge in [-0.05, 0) is 31.1 Å². The molecule has 1 aromatic heterocycles. The number of rotatable bonds is 14. The van der Waals surface area contributed by atoms with Gasteiger partial charge in [0.2, 0.25) is 23.6 Å². The van der Waals surface area contributed by atoms with E-state index in [0.717, 1.165) is 0 Å². The van der Waals surface area contributed by atoms with E-state index < -0.39 is 53.9 Å². The van der Waals surface area contributed by atoms with Crippen LogP contribution < -0.4 is 21.7 Å². The molecular weight excluding hydrogens is 526 g/mol. The highest BCUT2D eigenvalue weighted by molar-refractivity contribution is 7.80. The van der Waals surface area contributed by atoms with E-state index >= 15 is 0 Å².